The maximum absolute atomic E-state index is 5.42. The molecule has 1 fully saturated rings. The van der Waals surface area contributed by atoms with E-state index in [9.17, 15) is 0 Å². The first-order chi connectivity index (χ1) is 12.7. The summed E-state index contributed by atoms with van der Waals surface area (Å²) >= 11 is 1.49. The van der Waals surface area contributed by atoms with Gasteiger partial charge in [-0.15, -0.1) is 24.0 Å². The number of para-hydroxylation sites is 1. The Bertz CT molecular complexity index is 745. The number of ether oxygens (including phenoxy) is 1. The molecular weight excluding hydrogens is 475 g/mol. The topological polar surface area (TPSA) is 65.9 Å². The number of rotatable bonds is 5. The molecule has 7 nitrogen and oxygen atoms in total. The van der Waals surface area contributed by atoms with Crippen LogP contribution in [0.4, 0.5) is 5.13 Å². The molecule has 0 atom stereocenters. The van der Waals surface area contributed by atoms with Crippen molar-refractivity contribution in [1.29, 1.82) is 0 Å². The number of methoxy groups -OCH3 is 1. The van der Waals surface area contributed by atoms with Crippen LogP contribution in [0.1, 0.15) is 18.3 Å². The average Bonchev–Trinajstić information content (AvgIpc) is 3.18. The van der Waals surface area contributed by atoms with Gasteiger partial charge in [-0.3, -0.25) is 4.99 Å². The van der Waals surface area contributed by atoms with Gasteiger partial charge >= 0.3 is 0 Å². The highest BCUT2D eigenvalue weighted by molar-refractivity contribution is 14.0. The summed E-state index contributed by atoms with van der Waals surface area (Å²) in [6.45, 7) is 6.44. The molecule has 148 valence electrons. The molecule has 1 N–H and O–H groups in total. The summed E-state index contributed by atoms with van der Waals surface area (Å²) < 4.78 is 9.81. The molecule has 1 aromatic carbocycles. The van der Waals surface area contributed by atoms with E-state index in [1.165, 1.54) is 11.5 Å². The van der Waals surface area contributed by atoms with Crippen molar-refractivity contribution >= 4 is 46.6 Å². The van der Waals surface area contributed by atoms with E-state index in [2.05, 4.69) is 42.5 Å². The highest BCUT2D eigenvalue weighted by Crippen LogP contribution is 2.20. The number of benzene rings is 1. The predicted molar refractivity (Wildman–Crippen MR) is 122 cm³/mol. The maximum atomic E-state index is 5.42. The maximum Gasteiger partial charge on any atom is 0.205 e. The number of nitrogens with zero attached hydrogens (tertiary/aromatic N) is 5. The van der Waals surface area contributed by atoms with E-state index in [-0.39, 0.29) is 24.0 Å². The number of anilines is 1. The van der Waals surface area contributed by atoms with Crippen molar-refractivity contribution in [3.8, 4) is 5.75 Å². The van der Waals surface area contributed by atoms with Gasteiger partial charge in [-0.1, -0.05) is 25.1 Å². The number of piperazine rings is 1. The Labute approximate surface area is 182 Å². The van der Waals surface area contributed by atoms with Crippen LogP contribution < -0.4 is 15.0 Å². The summed E-state index contributed by atoms with van der Waals surface area (Å²) in [5.74, 6) is 2.74. The summed E-state index contributed by atoms with van der Waals surface area (Å²) in [4.78, 5) is 13.6. The molecule has 1 aliphatic heterocycles. The third kappa shape index (κ3) is 5.44. The molecule has 3 rings (SSSR count). The van der Waals surface area contributed by atoms with E-state index in [0.29, 0.717) is 6.54 Å². The molecule has 0 bridgehead atoms. The molecule has 1 aromatic heterocycles. The third-order valence-corrected chi connectivity index (χ3v) is 5.28. The van der Waals surface area contributed by atoms with E-state index >= 15 is 0 Å². The normalized spacial score (nSPS) is 14.7. The molecule has 0 unspecified atom stereocenters. The van der Waals surface area contributed by atoms with Gasteiger partial charge in [0.2, 0.25) is 5.13 Å². The van der Waals surface area contributed by atoms with Crippen molar-refractivity contribution in [2.45, 2.75) is 19.9 Å². The molecule has 9 heteroatoms. The first-order valence-corrected chi connectivity index (χ1v) is 9.67. The molecule has 1 aliphatic rings. The first-order valence-electron chi connectivity index (χ1n) is 8.90. The van der Waals surface area contributed by atoms with Gasteiger partial charge in [0.05, 0.1) is 7.11 Å². The van der Waals surface area contributed by atoms with Crippen LogP contribution >= 0.6 is 35.5 Å². The molecule has 0 saturated carbocycles. The summed E-state index contributed by atoms with van der Waals surface area (Å²) in [6.07, 6.45) is 0.885. The van der Waals surface area contributed by atoms with Gasteiger partial charge in [0.15, 0.2) is 5.96 Å². The number of aryl methyl sites for hydroxylation is 1. The van der Waals surface area contributed by atoms with Crippen molar-refractivity contribution in [3.05, 3.63) is 35.7 Å². The van der Waals surface area contributed by atoms with Gasteiger partial charge in [0.25, 0.3) is 0 Å². The Hall–Kier alpha value is -1.62. The lowest BCUT2D eigenvalue weighted by atomic mass is 10.2. The number of nitrogens with one attached hydrogen (secondary N) is 1. The minimum atomic E-state index is 0. The SMILES string of the molecule is CCc1nsc(N2CCN(C(=NC)NCc3ccccc3OC)CC2)n1.I. The molecule has 1 saturated heterocycles. The number of hydrogen-bond acceptors (Lipinski definition) is 6. The molecule has 2 aromatic rings. The van der Waals surface area contributed by atoms with Crippen LogP contribution in [0.5, 0.6) is 5.75 Å². The molecular formula is C18H27IN6OS. The van der Waals surface area contributed by atoms with Gasteiger partial charge in [-0.25, -0.2) is 4.98 Å². The van der Waals surface area contributed by atoms with Crippen molar-refractivity contribution in [2.24, 2.45) is 4.99 Å². The Morgan fingerprint density at radius 3 is 2.63 bits per heavy atom. The number of hydrogen-bond donors (Lipinski definition) is 1. The largest absolute Gasteiger partial charge is 0.496 e. The third-order valence-electron chi connectivity index (χ3n) is 4.46. The molecule has 2 heterocycles. The summed E-state index contributed by atoms with van der Waals surface area (Å²) in [6, 6.07) is 8.05. The van der Waals surface area contributed by atoms with Gasteiger partial charge < -0.3 is 19.9 Å². The highest BCUT2D eigenvalue weighted by atomic mass is 127. The second-order valence-corrected chi connectivity index (χ2v) is 6.76. The van der Waals surface area contributed by atoms with Crippen molar-refractivity contribution in [3.63, 3.8) is 0 Å². The molecule has 27 heavy (non-hydrogen) atoms. The summed E-state index contributed by atoms with van der Waals surface area (Å²) in [7, 11) is 3.53. The van der Waals surface area contributed by atoms with Crippen LogP contribution in [0.25, 0.3) is 0 Å². The quantitative estimate of drug-likeness (QED) is 0.386. The zero-order valence-electron chi connectivity index (χ0n) is 16.0. The molecule has 0 amide bonds. The number of guanidine groups is 1. The average molecular weight is 502 g/mol. The summed E-state index contributed by atoms with van der Waals surface area (Å²) in [5, 5.41) is 4.48. The lowest BCUT2D eigenvalue weighted by molar-refractivity contribution is 0.371. The fourth-order valence-corrected chi connectivity index (χ4v) is 3.78. The minimum absolute atomic E-state index is 0. The Balaban J connectivity index is 0.00000261. The predicted octanol–water partition coefficient (Wildman–Crippen LogP) is 2.62. The van der Waals surface area contributed by atoms with E-state index in [0.717, 1.165) is 60.8 Å². The van der Waals surface area contributed by atoms with Crippen LogP contribution in [-0.4, -0.2) is 60.6 Å². The Morgan fingerprint density at radius 1 is 1.26 bits per heavy atom. The molecule has 0 spiro atoms. The van der Waals surface area contributed by atoms with Crippen LogP contribution in [-0.2, 0) is 13.0 Å². The number of aliphatic imine (C=N–C) groups is 1. The van der Waals surface area contributed by atoms with Crippen molar-refractivity contribution < 1.29 is 4.74 Å². The fraction of sp³-hybridized carbons (Fsp3) is 0.500. The van der Waals surface area contributed by atoms with Crippen LogP contribution in [0.3, 0.4) is 0 Å². The van der Waals surface area contributed by atoms with E-state index in [1.54, 1.807) is 7.11 Å². The number of halogens is 1. The van der Waals surface area contributed by atoms with E-state index in [4.69, 9.17) is 4.74 Å². The van der Waals surface area contributed by atoms with E-state index in [1.807, 2.05) is 25.2 Å². The standard InChI is InChI=1S/C18H26N6OS.HI/c1-4-16-21-18(26-22-16)24-11-9-23(10-12-24)17(19-2)20-13-14-7-5-6-8-15(14)25-3;/h5-8H,4,9-13H2,1-3H3,(H,19,20);1H. The Morgan fingerprint density at radius 2 is 2.00 bits per heavy atom. The Kier molecular flexibility index (Phi) is 8.55. The van der Waals surface area contributed by atoms with Gasteiger partial charge in [0.1, 0.15) is 11.6 Å². The van der Waals surface area contributed by atoms with Crippen LogP contribution in [0, 0.1) is 0 Å². The van der Waals surface area contributed by atoms with Crippen LogP contribution in [0.2, 0.25) is 0 Å². The fourth-order valence-electron chi connectivity index (χ4n) is 2.98. The van der Waals surface area contributed by atoms with Crippen molar-refractivity contribution in [2.75, 3.05) is 45.2 Å². The minimum Gasteiger partial charge on any atom is -0.496 e. The van der Waals surface area contributed by atoms with Gasteiger partial charge in [-0.2, -0.15) is 4.37 Å². The monoisotopic (exact) mass is 502 g/mol. The molecule has 0 radical (unpaired) electrons. The van der Waals surface area contributed by atoms with Crippen molar-refractivity contribution in [1.82, 2.24) is 19.6 Å². The first kappa shape index (κ1) is 21.7. The highest BCUT2D eigenvalue weighted by Gasteiger charge is 2.22. The number of aromatic nitrogens is 2. The van der Waals surface area contributed by atoms with E-state index < -0.39 is 0 Å². The smallest absolute Gasteiger partial charge is 0.205 e. The summed E-state index contributed by atoms with van der Waals surface area (Å²) in [5.41, 5.74) is 1.12. The zero-order chi connectivity index (χ0) is 18.4. The zero-order valence-corrected chi connectivity index (χ0v) is 19.2. The van der Waals surface area contributed by atoms with Gasteiger partial charge in [-0.05, 0) is 6.07 Å². The second kappa shape index (κ2) is 10.6. The van der Waals surface area contributed by atoms with Gasteiger partial charge in [0, 0.05) is 63.3 Å². The lowest BCUT2D eigenvalue weighted by Crippen LogP contribution is -2.52. The lowest BCUT2D eigenvalue weighted by Gasteiger charge is -2.36. The molecule has 0 aliphatic carbocycles. The second-order valence-electron chi connectivity index (χ2n) is 6.03. The van der Waals surface area contributed by atoms with Crippen LogP contribution in [0.15, 0.2) is 29.3 Å².